The smallest absolute Gasteiger partial charge is 0.164 e. The number of para-hydroxylation sites is 1. The third-order valence-corrected chi connectivity index (χ3v) is 10.8. The second-order valence-electron chi connectivity index (χ2n) is 14.0. The lowest BCUT2D eigenvalue weighted by atomic mass is 9.90. The van der Waals surface area contributed by atoms with Crippen LogP contribution in [0.15, 0.2) is 168 Å². The Balaban J connectivity index is 1.02. The van der Waals surface area contributed by atoms with E-state index in [-0.39, 0.29) is 0 Å². The number of hydrogen-bond donors (Lipinski definition) is 0. The fourth-order valence-corrected chi connectivity index (χ4v) is 8.12. The maximum atomic E-state index is 6.39. The molecule has 3 heterocycles. The highest BCUT2D eigenvalue weighted by molar-refractivity contribution is 6.08. The highest BCUT2D eigenvalue weighted by Gasteiger charge is 2.23. The molecular formula is C49H32N4O. The molecule has 11 rings (SSSR count). The molecule has 5 heteroatoms. The summed E-state index contributed by atoms with van der Waals surface area (Å²) in [7, 11) is 0. The molecular weight excluding hydrogens is 661 g/mol. The Hall–Kier alpha value is -7.11. The third kappa shape index (κ3) is 5.05. The molecule has 254 valence electrons. The van der Waals surface area contributed by atoms with Crippen molar-refractivity contribution in [2.45, 2.75) is 12.8 Å². The first kappa shape index (κ1) is 30.5. The monoisotopic (exact) mass is 692 g/mol. The van der Waals surface area contributed by atoms with E-state index in [1.165, 1.54) is 49.8 Å². The van der Waals surface area contributed by atoms with Crippen LogP contribution < -0.4 is 0 Å². The number of aromatic nitrogens is 4. The third-order valence-electron chi connectivity index (χ3n) is 10.8. The van der Waals surface area contributed by atoms with Crippen LogP contribution in [0.3, 0.4) is 0 Å². The second-order valence-corrected chi connectivity index (χ2v) is 14.0. The van der Waals surface area contributed by atoms with Crippen LogP contribution in [-0.4, -0.2) is 19.5 Å². The van der Waals surface area contributed by atoms with Crippen molar-refractivity contribution >= 4 is 55.3 Å². The highest BCUT2D eigenvalue weighted by Crippen LogP contribution is 2.41. The van der Waals surface area contributed by atoms with E-state index in [0.29, 0.717) is 17.5 Å². The molecule has 1 aliphatic carbocycles. The van der Waals surface area contributed by atoms with Gasteiger partial charge in [-0.15, -0.1) is 0 Å². The summed E-state index contributed by atoms with van der Waals surface area (Å²) in [5.74, 6) is 1.91. The van der Waals surface area contributed by atoms with Gasteiger partial charge in [0.05, 0.1) is 5.52 Å². The Labute approximate surface area is 311 Å². The van der Waals surface area contributed by atoms with Crippen LogP contribution in [0.1, 0.15) is 23.2 Å². The van der Waals surface area contributed by atoms with Crippen LogP contribution >= 0.6 is 0 Å². The Morgan fingerprint density at radius 1 is 0.444 bits per heavy atom. The summed E-state index contributed by atoms with van der Waals surface area (Å²) >= 11 is 0. The van der Waals surface area contributed by atoms with Crippen molar-refractivity contribution in [2.75, 3.05) is 0 Å². The molecule has 5 nitrogen and oxygen atoms in total. The van der Waals surface area contributed by atoms with Gasteiger partial charge in [0.25, 0.3) is 0 Å². The zero-order valence-electron chi connectivity index (χ0n) is 29.3. The van der Waals surface area contributed by atoms with Crippen LogP contribution in [-0.2, 0) is 6.42 Å². The van der Waals surface area contributed by atoms with E-state index < -0.39 is 0 Å². The minimum absolute atomic E-state index is 0.625. The Bertz CT molecular complexity index is 3040. The zero-order valence-corrected chi connectivity index (χ0v) is 29.3. The van der Waals surface area contributed by atoms with Gasteiger partial charge in [0, 0.05) is 49.8 Å². The number of hydrogen-bond acceptors (Lipinski definition) is 4. The molecule has 0 amide bonds. The maximum absolute atomic E-state index is 6.39. The van der Waals surface area contributed by atoms with Gasteiger partial charge >= 0.3 is 0 Å². The molecule has 0 N–H and O–H groups in total. The second kappa shape index (κ2) is 12.2. The van der Waals surface area contributed by atoms with Gasteiger partial charge < -0.3 is 8.98 Å². The van der Waals surface area contributed by atoms with Crippen molar-refractivity contribution in [1.29, 1.82) is 0 Å². The summed E-state index contributed by atoms with van der Waals surface area (Å²) in [6.07, 6.45) is 4.30. The lowest BCUT2D eigenvalue weighted by Gasteiger charge is -2.18. The number of benzene rings is 7. The molecule has 0 radical (unpaired) electrons. The standard InChI is InChI=1S/C49H32N4O/c1-3-12-32(13-4-1)47-50-48(33-14-5-2-6-15-33)52-49(51-47)37-22-26-46-42(30-37)41-29-36(21-25-45(41)54-46)35-20-24-44-40(28-35)39-17-9-10-18-43(39)53(44)38-23-19-31-11-7-8-16-34(31)27-38/h1-19,21-23,25-30H,20,24H2. The van der Waals surface area contributed by atoms with Gasteiger partial charge in [0.1, 0.15) is 11.2 Å². The Morgan fingerprint density at radius 2 is 1.04 bits per heavy atom. The lowest BCUT2D eigenvalue weighted by molar-refractivity contribution is 0.669. The molecule has 0 bridgehead atoms. The predicted molar refractivity (Wildman–Crippen MR) is 220 cm³/mol. The number of nitrogens with zero attached hydrogens (tertiary/aromatic N) is 4. The van der Waals surface area contributed by atoms with Crippen molar-refractivity contribution in [3.8, 4) is 39.9 Å². The average Bonchev–Trinajstić information content (AvgIpc) is 3.78. The van der Waals surface area contributed by atoms with Crippen LogP contribution in [0.5, 0.6) is 0 Å². The summed E-state index contributed by atoms with van der Waals surface area (Å²) < 4.78 is 8.86. The Kier molecular flexibility index (Phi) is 6.92. The van der Waals surface area contributed by atoms with Gasteiger partial charge in [-0.3, -0.25) is 0 Å². The topological polar surface area (TPSA) is 56.7 Å². The van der Waals surface area contributed by atoms with Gasteiger partial charge in [0.15, 0.2) is 17.5 Å². The first-order chi connectivity index (χ1) is 26.7. The zero-order chi connectivity index (χ0) is 35.6. The van der Waals surface area contributed by atoms with Crippen LogP contribution in [0, 0.1) is 0 Å². The minimum Gasteiger partial charge on any atom is -0.456 e. The predicted octanol–water partition coefficient (Wildman–Crippen LogP) is 12.4. The molecule has 10 aromatic rings. The molecule has 0 unspecified atom stereocenters. The Morgan fingerprint density at radius 3 is 1.76 bits per heavy atom. The van der Waals surface area contributed by atoms with Crippen molar-refractivity contribution in [3.05, 3.63) is 181 Å². The molecule has 0 spiro atoms. The largest absolute Gasteiger partial charge is 0.456 e. The number of furan rings is 1. The van der Waals surface area contributed by atoms with Gasteiger partial charge in [-0.25, -0.2) is 15.0 Å². The van der Waals surface area contributed by atoms with E-state index in [1.54, 1.807) is 0 Å². The van der Waals surface area contributed by atoms with E-state index in [9.17, 15) is 0 Å². The van der Waals surface area contributed by atoms with Crippen molar-refractivity contribution in [2.24, 2.45) is 0 Å². The van der Waals surface area contributed by atoms with E-state index in [4.69, 9.17) is 19.4 Å². The van der Waals surface area contributed by atoms with E-state index >= 15 is 0 Å². The summed E-state index contributed by atoms with van der Waals surface area (Å²) in [4.78, 5) is 14.8. The molecule has 54 heavy (non-hydrogen) atoms. The average molecular weight is 693 g/mol. The van der Waals surface area contributed by atoms with Gasteiger partial charge in [-0.1, -0.05) is 115 Å². The molecule has 0 atom stereocenters. The van der Waals surface area contributed by atoms with E-state index in [2.05, 4.69) is 102 Å². The van der Waals surface area contributed by atoms with Gasteiger partial charge in [0.2, 0.25) is 0 Å². The summed E-state index contributed by atoms with van der Waals surface area (Å²) in [6.45, 7) is 0. The summed E-state index contributed by atoms with van der Waals surface area (Å²) in [5.41, 5.74) is 12.1. The van der Waals surface area contributed by atoms with Crippen molar-refractivity contribution in [3.63, 3.8) is 0 Å². The fourth-order valence-electron chi connectivity index (χ4n) is 8.12. The fraction of sp³-hybridized carbons (Fsp3) is 0.0408. The summed E-state index contributed by atoms with van der Waals surface area (Å²) in [6, 6.07) is 57.2. The highest BCUT2D eigenvalue weighted by atomic mass is 16.3. The maximum Gasteiger partial charge on any atom is 0.164 e. The molecule has 0 saturated heterocycles. The molecule has 1 aliphatic rings. The SMILES string of the molecule is C1=C(c2ccc3oc4ccc(-c5nc(-c6ccccc6)nc(-c6ccccc6)n5)cc4c3c2)CCc2c1c1ccccc1n2-c1ccc2ccccc2c1. The molecule has 0 aliphatic heterocycles. The minimum atomic E-state index is 0.625. The van der Waals surface area contributed by atoms with Crippen LogP contribution in [0.4, 0.5) is 0 Å². The van der Waals surface area contributed by atoms with Gasteiger partial charge in [-0.05, 0) is 89.4 Å². The molecule has 0 saturated carbocycles. The van der Waals surface area contributed by atoms with Crippen LogP contribution in [0.25, 0.3) is 95.1 Å². The quantitative estimate of drug-likeness (QED) is 0.180. The van der Waals surface area contributed by atoms with Crippen LogP contribution in [0.2, 0.25) is 0 Å². The lowest BCUT2D eigenvalue weighted by Crippen LogP contribution is -2.05. The molecule has 7 aromatic carbocycles. The number of rotatable bonds is 5. The van der Waals surface area contributed by atoms with Crippen molar-refractivity contribution in [1.82, 2.24) is 19.5 Å². The number of allylic oxidation sites excluding steroid dienone is 1. The van der Waals surface area contributed by atoms with Gasteiger partial charge in [-0.2, -0.15) is 0 Å². The summed E-state index contributed by atoms with van der Waals surface area (Å²) in [5, 5.41) is 5.90. The van der Waals surface area contributed by atoms with E-state index in [0.717, 1.165) is 51.5 Å². The molecule has 0 fully saturated rings. The molecule has 3 aromatic heterocycles. The van der Waals surface area contributed by atoms with Crippen molar-refractivity contribution < 1.29 is 4.42 Å². The first-order valence-electron chi connectivity index (χ1n) is 18.4. The number of fused-ring (bicyclic) bond motifs is 7. The van der Waals surface area contributed by atoms with E-state index in [1.807, 2.05) is 72.8 Å². The normalized spacial score (nSPS) is 12.8. The first-order valence-corrected chi connectivity index (χ1v) is 18.4.